The number of amides is 2. The molecule has 6 nitrogen and oxygen atoms in total. The number of carbonyl (C=O) groups is 2. The van der Waals surface area contributed by atoms with Crippen molar-refractivity contribution in [1.29, 1.82) is 0 Å². The van der Waals surface area contributed by atoms with E-state index in [1.165, 1.54) is 26.4 Å². The van der Waals surface area contributed by atoms with Gasteiger partial charge in [0.1, 0.15) is 0 Å². The second-order valence-electron chi connectivity index (χ2n) is 2.93. The van der Waals surface area contributed by atoms with Crippen LogP contribution in [0.4, 0.5) is 21.0 Å². The van der Waals surface area contributed by atoms with Gasteiger partial charge in [-0.3, -0.25) is 10.6 Å². The molecule has 7 heteroatoms. The van der Waals surface area contributed by atoms with Gasteiger partial charge in [0.05, 0.1) is 24.9 Å². The van der Waals surface area contributed by atoms with E-state index < -0.39 is 12.2 Å². The van der Waals surface area contributed by atoms with E-state index in [0.717, 1.165) is 0 Å². The molecule has 92 valence electrons. The van der Waals surface area contributed by atoms with Gasteiger partial charge < -0.3 is 9.47 Å². The van der Waals surface area contributed by atoms with Crippen LogP contribution in [0.15, 0.2) is 18.2 Å². The van der Waals surface area contributed by atoms with E-state index in [2.05, 4.69) is 20.1 Å². The molecular formula is C10H11ClN2O4. The van der Waals surface area contributed by atoms with Crippen LogP contribution < -0.4 is 10.6 Å². The Bertz CT molecular complexity index is 436. The van der Waals surface area contributed by atoms with Crippen LogP contribution >= 0.6 is 11.6 Å². The standard InChI is InChI=1S/C10H11ClN2O4/c1-16-9(14)12-6-3-4-7(11)8(5-6)13-10(15)17-2/h3-5H,1-2H3,(H,12,14)(H,13,15). The van der Waals surface area contributed by atoms with Crippen molar-refractivity contribution in [3.63, 3.8) is 0 Å². The maximum absolute atomic E-state index is 11.0. The molecule has 0 radical (unpaired) electrons. The summed E-state index contributed by atoms with van der Waals surface area (Å²) in [5, 5.41) is 5.17. The molecule has 0 bridgehead atoms. The number of benzene rings is 1. The Labute approximate surface area is 103 Å². The van der Waals surface area contributed by atoms with Crippen molar-refractivity contribution in [3.05, 3.63) is 23.2 Å². The molecule has 1 aromatic rings. The highest BCUT2D eigenvalue weighted by Crippen LogP contribution is 2.25. The Balaban J connectivity index is 2.86. The largest absolute Gasteiger partial charge is 0.453 e. The van der Waals surface area contributed by atoms with E-state index in [1.54, 1.807) is 6.07 Å². The zero-order valence-corrected chi connectivity index (χ0v) is 10.00. The van der Waals surface area contributed by atoms with Gasteiger partial charge in [0.2, 0.25) is 0 Å². The van der Waals surface area contributed by atoms with Crippen LogP contribution in [0.5, 0.6) is 0 Å². The van der Waals surface area contributed by atoms with Crippen LogP contribution in [0.25, 0.3) is 0 Å². The second kappa shape index (κ2) is 5.95. The average Bonchev–Trinajstić information content (AvgIpc) is 2.33. The zero-order chi connectivity index (χ0) is 12.8. The normalized spacial score (nSPS) is 9.35. The number of carbonyl (C=O) groups excluding carboxylic acids is 2. The van der Waals surface area contributed by atoms with Crippen LogP contribution in [0, 0.1) is 0 Å². The molecule has 0 heterocycles. The molecule has 0 fully saturated rings. The highest BCUT2D eigenvalue weighted by Gasteiger charge is 2.08. The lowest BCUT2D eigenvalue weighted by atomic mass is 10.3. The Morgan fingerprint density at radius 2 is 1.71 bits per heavy atom. The van der Waals surface area contributed by atoms with E-state index >= 15 is 0 Å². The molecule has 0 aliphatic rings. The van der Waals surface area contributed by atoms with Crippen LogP contribution in [-0.4, -0.2) is 26.4 Å². The minimum absolute atomic E-state index is 0.325. The molecule has 2 N–H and O–H groups in total. The van der Waals surface area contributed by atoms with Gasteiger partial charge in [-0.05, 0) is 18.2 Å². The van der Waals surface area contributed by atoms with Crippen molar-refractivity contribution >= 4 is 35.2 Å². The second-order valence-corrected chi connectivity index (χ2v) is 3.33. The van der Waals surface area contributed by atoms with Gasteiger partial charge in [-0.15, -0.1) is 0 Å². The lowest BCUT2D eigenvalue weighted by molar-refractivity contribution is 0.186. The molecule has 0 aliphatic carbocycles. The highest BCUT2D eigenvalue weighted by atomic mass is 35.5. The molecule has 0 atom stereocenters. The smallest absolute Gasteiger partial charge is 0.411 e. The Hall–Kier alpha value is -1.95. The molecule has 0 saturated heterocycles. The van der Waals surface area contributed by atoms with Crippen molar-refractivity contribution in [3.8, 4) is 0 Å². The van der Waals surface area contributed by atoms with Crippen LogP contribution in [0.3, 0.4) is 0 Å². The predicted octanol–water partition coefficient (Wildman–Crippen LogP) is 2.70. The third-order valence-corrected chi connectivity index (χ3v) is 2.15. The summed E-state index contributed by atoms with van der Waals surface area (Å²) in [5.74, 6) is 0. The van der Waals surface area contributed by atoms with Gasteiger partial charge in [0.15, 0.2) is 0 Å². The SMILES string of the molecule is COC(=O)Nc1ccc(Cl)c(NC(=O)OC)c1. The van der Waals surface area contributed by atoms with Crippen molar-refractivity contribution in [1.82, 2.24) is 0 Å². The number of methoxy groups -OCH3 is 2. The number of rotatable bonds is 2. The fourth-order valence-corrected chi connectivity index (χ4v) is 1.19. The lowest BCUT2D eigenvalue weighted by Crippen LogP contribution is -2.13. The van der Waals surface area contributed by atoms with Crippen LogP contribution in [-0.2, 0) is 9.47 Å². The highest BCUT2D eigenvalue weighted by molar-refractivity contribution is 6.33. The number of hydrogen-bond acceptors (Lipinski definition) is 4. The van der Waals surface area contributed by atoms with Crippen molar-refractivity contribution in [2.45, 2.75) is 0 Å². The minimum Gasteiger partial charge on any atom is -0.453 e. The molecule has 0 saturated carbocycles. The average molecular weight is 259 g/mol. The third-order valence-electron chi connectivity index (χ3n) is 1.82. The first-order valence-electron chi connectivity index (χ1n) is 4.56. The molecule has 2 amide bonds. The number of nitrogens with one attached hydrogen (secondary N) is 2. The van der Waals surface area contributed by atoms with Gasteiger partial charge in [0, 0.05) is 5.69 Å². The number of hydrogen-bond donors (Lipinski definition) is 2. The Morgan fingerprint density at radius 1 is 1.12 bits per heavy atom. The number of halogens is 1. The molecule has 1 aromatic carbocycles. The van der Waals surface area contributed by atoms with Gasteiger partial charge in [-0.2, -0.15) is 0 Å². The minimum atomic E-state index is -0.651. The summed E-state index contributed by atoms with van der Waals surface area (Å²) in [6.07, 6.45) is -1.27. The first-order valence-corrected chi connectivity index (χ1v) is 4.94. The maximum atomic E-state index is 11.0. The predicted molar refractivity (Wildman–Crippen MR) is 63.5 cm³/mol. The topological polar surface area (TPSA) is 76.7 Å². The molecule has 17 heavy (non-hydrogen) atoms. The molecular weight excluding hydrogens is 248 g/mol. The van der Waals surface area contributed by atoms with Crippen LogP contribution in [0.1, 0.15) is 0 Å². The Morgan fingerprint density at radius 3 is 2.29 bits per heavy atom. The first-order chi connectivity index (χ1) is 8.06. The first kappa shape index (κ1) is 13.1. The molecule has 0 unspecified atom stereocenters. The van der Waals surface area contributed by atoms with Gasteiger partial charge >= 0.3 is 12.2 Å². The summed E-state index contributed by atoms with van der Waals surface area (Å²) in [6, 6.07) is 4.58. The quantitative estimate of drug-likeness (QED) is 0.855. The van der Waals surface area contributed by atoms with E-state index in [9.17, 15) is 9.59 Å². The monoisotopic (exact) mass is 258 g/mol. The van der Waals surface area contributed by atoms with E-state index in [4.69, 9.17) is 11.6 Å². The summed E-state index contributed by atoms with van der Waals surface area (Å²) in [5.41, 5.74) is 0.764. The summed E-state index contributed by atoms with van der Waals surface area (Å²) >= 11 is 5.85. The van der Waals surface area contributed by atoms with Gasteiger partial charge in [-0.1, -0.05) is 11.6 Å². The van der Waals surface area contributed by atoms with E-state index in [0.29, 0.717) is 16.4 Å². The Kier molecular flexibility index (Phi) is 4.59. The summed E-state index contributed by atoms with van der Waals surface area (Å²) in [6.45, 7) is 0. The fraction of sp³-hybridized carbons (Fsp3) is 0.200. The van der Waals surface area contributed by atoms with Crippen LogP contribution in [0.2, 0.25) is 5.02 Å². The lowest BCUT2D eigenvalue weighted by Gasteiger charge is -2.09. The molecule has 0 aliphatic heterocycles. The van der Waals surface area contributed by atoms with Crippen molar-refractivity contribution in [2.75, 3.05) is 24.9 Å². The van der Waals surface area contributed by atoms with Crippen molar-refractivity contribution < 1.29 is 19.1 Å². The maximum Gasteiger partial charge on any atom is 0.411 e. The van der Waals surface area contributed by atoms with Crippen molar-refractivity contribution in [2.24, 2.45) is 0 Å². The van der Waals surface area contributed by atoms with E-state index in [1.807, 2.05) is 0 Å². The molecule has 0 aromatic heterocycles. The zero-order valence-electron chi connectivity index (χ0n) is 9.24. The fourth-order valence-electron chi connectivity index (χ4n) is 1.03. The summed E-state index contributed by atoms with van der Waals surface area (Å²) in [4.78, 5) is 22.0. The number of anilines is 2. The summed E-state index contributed by atoms with van der Waals surface area (Å²) < 4.78 is 8.86. The molecule has 0 spiro atoms. The molecule has 1 rings (SSSR count). The van der Waals surface area contributed by atoms with Gasteiger partial charge in [0.25, 0.3) is 0 Å². The third kappa shape index (κ3) is 3.84. The van der Waals surface area contributed by atoms with E-state index in [-0.39, 0.29) is 0 Å². The van der Waals surface area contributed by atoms with Gasteiger partial charge in [-0.25, -0.2) is 9.59 Å². The number of ether oxygens (including phenoxy) is 2. The summed E-state index contributed by atoms with van der Waals surface area (Å²) in [7, 11) is 2.48.